The van der Waals surface area contributed by atoms with Gasteiger partial charge in [-0.05, 0) is 44.4 Å². The molecule has 1 heterocycles. The van der Waals surface area contributed by atoms with Crippen molar-refractivity contribution in [2.75, 3.05) is 13.1 Å². The lowest BCUT2D eigenvalue weighted by Gasteiger charge is -2.36. The van der Waals surface area contributed by atoms with Crippen LogP contribution in [0.4, 0.5) is 0 Å². The van der Waals surface area contributed by atoms with Gasteiger partial charge in [0.15, 0.2) is 0 Å². The molecule has 20 heavy (non-hydrogen) atoms. The van der Waals surface area contributed by atoms with Gasteiger partial charge in [-0.25, -0.2) is 0 Å². The lowest BCUT2D eigenvalue weighted by atomic mass is 9.79. The highest BCUT2D eigenvalue weighted by atomic mass is 16.5. The molecule has 0 aromatic carbocycles. The summed E-state index contributed by atoms with van der Waals surface area (Å²) in [6, 6.07) is 0. The Morgan fingerprint density at radius 1 is 1.10 bits per heavy atom. The zero-order chi connectivity index (χ0) is 14.1. The van der Waals surface area contributed by atoms with Gasteiger partial charge in [0, 0.05) is 13.1 Å². The normalized spacial score (nSPS) is 40.5. The van der Waals surface area contributed by atoms with Crippen LogP contribution in [0.3, 0.4) is 0 Å². The predicted molar refractivity (Wildman–Crippen MR) is 80.8 cm³/mol. The second-order valence-corrected chi connectivity index (χ2v) is 7.73. The van der Waals surface area contributed by atoms with Gasteiger partial charge in [0.25, 0.3) is 0 Å². The van der Waals surface area contributed by atoms with E-state index in [9.17, 15) is 5.11 Å². The first-order chi connectivity index (χ1) is 9.59. The minimum absolute atomic E-state index is 0.239. The highest BCUT2D eigenvalue weighted by Gasteiger charge is 2.42. The molecule has 2 N–H and O–H groups in total. The second-order valence-electron chi connectivity index (χ2n) is 7.73. The van der Waals surface area contributed by atoms with Gasteiger partial charge in [-0.2, -0.15) is 0 Å². The van der Waals surface area contributed by atoms with Crippen molar-refractivity contribution >= 4 is 0 Å². The van der Waals surface area contributed by atoms with Crippen LogP contribution < -0.4 is 5.32 Å². The lowest BCUT2D eigenvalue weighted by molar-refractivity contribution is -0.0418. The maximum Gasteiger partial charge on any atom is 0.0774 e. The number of nitrogens with one attached hydrogen (secondary N) is 1. The first-order valence-corrected chi connectivity index (χ1v) is 8.70. The average molecular weight is 281 g/mol. The van der Waals surface area contributed by atoms with Crippen LogP contribution >= 0.6 is 0 Å². The molecule has 1 spiro atoms. The van der Waals surface area contributed by atoms with Gasteiger partial charge in [0.1, 0.15) is 0 Å². The van der Waals surface area contributed by atoms with Crippen LogP contribution in [0.5, 0.6) is 0 Å². The number of aliphatic hydroxyl groups is 1. The molecule has 3 rings (SSSR count). The first-order valence-electron chi connectivity index (χ1n) is 8.70. The molecule has 3 unspecified atom stereocenters. The zero-order valence-electron chi connectivity index (χ0n) is 13.0. The highest BCUT2D eigenvalue weighted by molar-refractivity contribution is 4.94. The monoisotopic (exact) mass is 281 g/mol. The summed E-state index contributed by atoms with van der Waals surface area (Å²) in [5, 5.41) is 14.1. The molecule has 0 radical (unpaired) electrons. The van der Waals surface area contributed by atoms with Crippen LogP contribution in [0.1, 0.15) is 71.1 Å². The third-order valence-corrected chi connectivity index (χ3v) is 5.75. The van der Waals surface area contributed by atoms with Gasteiger partial charge in [-0.15, -0.1) is 0 Å². The fourth-order valence-corrected chi connectivity index (χ4v) is 4.69. The van der Waals surface area contributed by atoms with Gasteiger partial charge in [0.05, 0.1) is 17.3 Å². The Labute approximate surface area is 123 Å². The zero-order valence-corrected chi connectivity index (χ0v) is 13.0. The Morgan fingerprint density at radius 2 is 1.90 bits per heavy atom. The molecular formula is C17H31NO2. The molecule has 116 valence electrons. The molecule has 3 atom stereocenters. The third-order valence-electron chi connectivity index (χ3n) is 5.75. The molecule has 0 aromatic rings. The standard InChI is InChI=1S/C17H31NO2/c1-14-5-4-7-16(19,11-14)13-18-12-15-6-10-17(20-15)8-2-3-9-17/h14-15,18-19H,2-13H2,1H3. The van der Waals surface area contributed by atoms with Crippen molar-refractivity contribution in [2.24, 2.45) is 5.92 Å². The van der Waals surface area contributed by atoms with Gasteiger partial charge in [-0.3, -0.25) is 0 Å². The van der Waals surface area contributed by atoms with Crippen LogP contribution in [0.25, 0.3) is 0 Å². The van der Waals surface area contributed by atoms with E-state index in [-0.39, 0.29) is 5.60 Å². The molecule has 2 saturated carbocycles. The van der Waals surface area contributed by atoms with Crippen molar-refractivity contribution in [1.29, 1.82) is 0 Å². The molecule has 1 aliphatic heterocycles. The van der Waals surface area contributed by atoms with Crippen LogP contribution in [0.15, 0.2) is 0 Å². The van der Waals surface area contributed by atoms with Gasteiger partial charge in [0.2, 0.25) is 0 Å². The highest BCUT2D eigenvalue weighted by Crippen LogP contribution is 2.43. The summed E-state index contributed by atoms with van der Waals surface area (Å²) < 4.78 is 6.31. The molecule has 3 fully saturated rings. The summed E-state index contributed by atoms with van der Waals surface area (Å²) in [4.78, 5) is 0. The summed E-state index contributed by atoms with van der Waals surface area (Å²) in [5.74, 6) is 0.667. The SMILES string of the molecule is CC1CCCC(O)(CNCC2CCC3(CCCC3)O2)C1. The Kier molecular flexibility index (Phi) is 4.40. The summed E-state index contributed by atoms with van der Waals surface area (Å²) in [6.45, 7) is 3.91. The minimum Gasteiger partial charge on any atom is -0.389 e. The average Bonchev–Trinajstić information content (AvgIpc) is 3.00. The molecule has 0 amide bonds. The van der Waals surface area contributed by atoms with Crippen molar-refractivity contribution in [3.05, 3.63) is 0 Å². The van der Waals surface area contributed by atoms with E-state index < -0.39 is 5.60 Å². The Balaban J connectivity index is 1.40. The smallest absolute Gasteiger partial charge is 0.0774 e. The second kappa shape index (κ2) is 5.94. The van der Waals surface area contributed by atoms with Crippen molar-refractivity contribution in [3.8, 4) is 0 Å². The topological polar surface area (TPSA) is 41.5 Å². The summed E-state index contributed by atoms with van der Waals surface area (Å²) in [5.41, 5.74) is -0.232. The fourth-order valence-electron chi connectivity index (χ4n) is 4.69. The molecule has 0 aromatic heterocycles. The summed E-state index contributed by atoms with van der Waals surface area (Å²) in [6.07, 6.45) is 12.4. The molecule has 2 aliphatic carbocycles. The molecule has 1 saturated heterocycles. The Hall–Kier alpha value is -0.120. The van der Waals surface area contributed by atoms with Crippen LogP contribution in [0.2, 0.25) is 0 Å². The predicted octanol–water partition coefficient (Wildman–Crippen LogP) is 3.01. The van der Waals surface area contributed by atoms with E-state index in [1.54, 1.807) is 0 Å². The Morgan fingerprint density at radius 3 is 2.65 bits per heavy atom. The van der Waals surface area contributed by atoms with Crippen molar-refractivity contribution < 1.29 is 9.84 Å². The maximum absolute atomic E-state index is 10.6. The summed E-state index contributed by atoms with van der Waals surface area (Å²) in [7, 11) is 0. The van der Waals surface area contributed by atoms with E-state index in [2.05, 4.69) is 12.2 Å². The molecule has 3 aliphatic rings. The van der Waals surface area contributed by atoms with E-state index in [0.29, 0.717) is 12.0 Å². The van der Waals surface area contributed by atoms with Gasteiger partial charge in [-0.1, -0.05) is 32.6 Å². The van der Waals surface area contributed by atoms with Crippen LogP contribution in [-0.4, -0.2) is 35.5 Å². The van der Waals surface area contributed by atoms with Crippen LogP contribution in [-0.2, 0) is 4.74 Å². The van der Waals surface area contributed by atoms with Crippen molar-refractivity contribution in [1.82, 2.24) is 5.32 Å². The van der Waals surface area contributed by atoms with E-state index in [1.807, 2.05) is 0 Å². The van der Waals surface area contributed by atoms with E-state index in [4.69, 9.17) is 4.74 Å². The largest absolute Gasteiger partial charge is 0.389 e. The third kappa shape index (κ3) is 3.37. The van der Waals surface area contributed by atoms with Crippen LogP contribution in [0, 0.1) is 5.92 Å². The van der Waals surface area contributed by atoms with Crippen molar-refractivity contribution in [3.63, 3.8) is 0 Å². The first kappa shape index (κ1) is 14.8. The molecule has 0 bridgehead atoms. The number of hydrogen-bond acceptors (Lipinski definition) is 3. The summed E-state index contributed by atoms with van der Waals surface area (Å²) >= 11 is 0. The van der Waals surface area contributed by atoms with Crippen molar-refractivity contribution in [2.45, 2.75) is 88.4 Å². The molecule has 3 heteroatoms. The fraction of sp³-hybridized carbons (Fsp3) is 1.00. The lowest BCUT2D eigenvalue weighted by Crippen LogP contribution is -2.45. The molecule has 3 nitrogen and oxygen atoms in total. The van der Waals surface area contributed by atoms with E-state index >= 15 is 0 Å². The Bertz CT molecular complexity index is 327. The minimum atomic E-state index is -0.471. The van der Waals surface area contributed by atoms with E-state index in [0.717, 1.165) is 25.9 Å². The maximum atomic E-state index is 10.6. The number of ether oxygens (including phenoxy) is 1. The number of rotatable bonds is 4. The van der Waals surface area contributed by atoms with Gasteiger partial charge < -0.3 is 15.2 Å². The number of hydrogen-bond donors (Lipinski definition) is 2. The quantitative estimate of drug-likeness (QED) is 0.832. The van der Waals surface area contributed by atoms with E-state index in [1.165, 1.54) is 51.4 Å². The molecular weight excluding hydrogens is 250 g/mol. The van der Waals surface area contributed by atoms with Gasteiger partial charge >= 0.3 is 0 Å².